The van der Waals surface area contributed by atoms with E-state index in [1.165, 1.54) is 0 Å². The minimum Gasteiger partial charge on any atom is -0.323 e. The van der Waals surface area contributed by atoms with Gasteiger partial charge in [-0.3, -0.25) is 10.2 Å². The van der Waals surface area contributed by atoms with Gasteiger partial charge in [0.15, 0.2) is 0 Å². The summed E-state index contributed by atoms with van der Waals surface area (Å²) >= 11 is 0. The lowest BCUT2D eigenvalue weighted by Crippen LogP contribution is -2.30. The maximum Gasteiger partial charge on any atom is 0.239 e. The van der Waals surface area contributed by atoms with Gasteiger partial charge in [-0.2, -0.15) is 5.10 Å². The summed E-state index contributed by atoms with van der Waals surface area (Å²) in [6, 6.07) is 26.8. The van der Waals surface area contributed by atoms with Crippen LogP contribution >= 0.6 is 0 Å². The molecular weight excluding hydrogens is 336 g/mol. The van der Waals surface area contributed by atoms with Crippen LogP contribution in [0.15, 0.2) is 95.0 Å². The Balaban J connectivity index is 1.71. The van der Waals surface area contributed by atoms with E-state index in [1.807, 2.05) is 84.9 Å². The molecule has 4 rings (SSSR count). The molecule has 0 saturated heterocycles. The highest BCUT2D eigenvalue weighted by atomic mass is 16.1. The number of rotatable bonds is 4. The van der Waals surface area contributed by atoms with Crippen LogP contribution in [0.1, 0.15) is 5.56 Å². The zero-order valence-electron chi connectivity index (χ0n) is 14.5. The molecule has 2 N–H and O–H groups in total. The van der Waals surface area contributed by atoms with E-state index in [0.29, 0.717) is 11.4 Å². The fourth-order valence-electron chi connectivity index (χ4n) is 2.90. The van der Waals surface area contributed by atoms with E-state index in [0.717, 1.165) is 16.9 Å². The fraction of sp³-hybridized carbons (Fsp3) is 0.0455. The molecule has 27 heavy (non-hydrogen) atoms. The van der Waals surface area contributed by atoms with E-state index >= 15 is 0 Å². The molecule has 1 amide bonds. The molecule has 0 saturated carbocycles. The maximum atomic E-state index is 12.9. The van der Waals surface area contributed by atoms with E-state index in [4.69, 9.17) is 4.99 Å². The first-order valence-electron chi connectivity index (χ1n) is 8.69. The van der Waals surface area contributed by atoms with Crippen molar-refractivity contribution in [2.45, 2.75) is 0 Å². The van der Waals surface area contributed by atoms with Gasteiger partial charge in [0.1, 0.15) is 5.92 Å². The first kappa shape index (κ1) is 16.7. The molecule has 132 valence electrons. The van der Waals surface area contributed by atoms with Gasteiger partial charge in [0.25, 0.3) is 0 Å². The second kappa shape index (κ2) is 7.66. The van der Waals surface area contributed by atoms with Crippen molar-refractivity contribution in [3.63, 3.8) is 0 Å². The van der Waals surface area contributed by atoms with Crippen molar-refractivity contribution in [1.82, 2.24) is 0 Å². The van der Waals surface area contributed by atoms with Crippen LogP contribution < -0.4 is 10.7 Å². The molecule has 0 aromatic heterocycles. The number of carbonyl (C=O) groups excluding carboxylic acids is 1. The Morgan fingerprint density at radius 2 is 1.56 bits per heavy atom. The van der Waals surface area contributed by atoms with Gasteiger partial charge >= 0.3 is 0 Å². The van der Waals surface area contributed by atoms with Gasteiger partial charge in [-0.25, -0.2) is 4.99 Å². The zero-order valence-corrected chi connectivity index (χ0v) is 14.5. The predicted octanol–water partition coefficient (Wildman–Crippen LogP) is 4.47. The number of para-hydroxylation sites is 3. The van der Waals surface area contributed by atoms with Crippen LogP contribution in [-0.2, 0) is 4.79 Å². The zero-order chi connectivity index (χ0) is 18.5. The van der Waals surface area contributed by atoms with Crippen LogP contribution in [0.3, 0.4) is 0 Å². The number of fused-ring (bicyclic) bond motifs is 1. The number of hydrazone groups is 1. The van der Waals surface area contributed by atoms with Crippen molar-refractivity contribution in [3.8, 4) is 0 Å². The third-order valence-corrected chi connectivity index (χ3v) is 4.24. The number of nitrogens with zero attached hydrogens (tertiary/aromatic N) is 2. The lowest BCUT2D eigenvalue weighted by molar-refractivity contribution is -0.116. The van der Waals surface area contributed by atoms with Crippen LogP contribution in [0.4, 0.5) is 17.1 Å². The summed E-state index contributed by atoms with van der Waals surface area (Å²) in [5, 5.41) is 7.23. The SMILES string of the molecule is O=C1Nc2ccccc2N=C(c2ccccc2)[C@@H]1/C=N\Nc1ccccc1. The Morgan fingerprint density at radius 3 is 2.33 bits per heavy atom. The quantitative estimate of drug-likeness (QED) is 0.536. The number of carbonyl (C=O) groups is 1. The molecule has 0 unspecified atom stereocenters. The molecule has 3 aromatic carbocycles. The largest absolute Gasteiger partial charge is 0.323 e. The normalized spacial score (nSPS) is 16.2. The molecule has 5 nitrogen and oxygen atoms in total. The van der Waals surface area contributed by atoms with Gasteiger partial charge < -0.3 is 5.32 Å². The van der Waals surface area contributed by atoms with E-state index < -0.39 is 5.92 Å². The molecule has 5 heteroatoms. The molecule has 1 aliphatic rings. The van der Waals surface area contributed by atoms with Crippen LogP contribution in [0.25, 0.3) is 0 Å². The Labute approximate surface area is 157 Å². The standard InChI is InChI=1S/C22H18N4O/c27-22-18(15-23-26-17-11-5-2-6-12-17)21(16-9-3-1-4-10-16)24-19-13-7-8-14-20(19)25-22/h1-15,18,26H,(H,25,27)/b23-15-/t18-/m0/s1. The average Bonchev–Trinajstić information content (AvgIpc) is 2.86. The topological polar surface area (TPSA) is 65.8 Å². The second-order valence-electron chi connectivity index (χ2n) is 6.10. The molecule has 0 fully saturated rings. The van der Waals surface area contributed by atoms with Gasteiger partial charge in [0, 0.05) is 6.21 Å². The monoisotopic (exact) mass is 354 g/mol. The molecule has 3 aromatic rings. The van der Waals surface area contributed by atoms with Crippen molar-refractivity contribution in [2.24, 2.45) is 16.0 Å². The third-order valence-electron chi connectivity index (χ3n) is 4.24. The van der Waals surface area contributed by atoms with Crippen molar-refractivity contribution in [2.75, 3.05) is 10.7 Å². The van der Waals surface area contributed by atoms with E-state index in [-0.39, 0.29) is 5.91 Å². The summed E-state index contributed by atoms with van der Waals surface area (Å²) in [6.07, 6.45) is 1.60. The first-order valence-corrected chi connectivity index (χ1v) is 8.69. The number of amides is 1. The number of nitrogens with one attached hydrogen (secondary N) is 2. The highest BCUT2D eigenvalue weighted by Crippen LogP contribution is 2.30. The smallest absolute Gasteiger partial charge is 0.239 e. The Bertz CT molecular complexity index is 997. The molecular formula is C22H18N4O. The van der Waals surface area contributed by atoms with Crippen LogP contribution in [0, 0.1) is 5.92 Å². The summed E-state index contributed by atoms with van der Waals surface area (Å²) in [7, 11) is 0. The first-order chi connectivity index (χ1) is 13.3. The van der Waals surface area contributed by atoms with Gasteiger partial charge in [-0.1, -0.05) is 60.7 Å². The minimum atomic E-state index is -0.615. The van der Waals surface area contributed by atoms with Gasteiger partial charge in [0.05, 0.1) is 22.8 Å². The minimum absolute atomic E-state index is 0.166. The highest BCUT2D eigenvalue weighted by Gasteiger charge is 2.27. The van der Waals surface area contributed by atoms with Crippen molar-refractivity contribution in [1.29, 1.82) is 0 Å². The van der Waals surface area contributed by atoms with E-state index in [1.54, 1.807) is 6.21 Å². The fourth-order valence-corrected chi connectivity index (χ4v) is 2.90. The molecule has 1 heterocycles. The third kappa shape index (κ3) is 3.77. The molecule has 1 atom stereocenters. The molecule has 0 bridgehead atoms. The van der Waals surface area contributed by atoms with Crippen LogP contribution in [0.2, 0.25) is 0 Å². The van der Waals surface area contributed by atoms with Gasteiger partial charge in [-0.05, 0) is 29.8 Å². The number of benzene rings is 3. The second-order valence-corrected chi connectivity index (χ2v) is 6.10. The predicted molar refractivity (Wildman–Crippen MR) is 110 cm³/mol. The van der Waals surface area contributed by atoms with Crippen LogP contribution in [0.5, 0.6) is 0 Å². The Morgan fingerprint density at radius 1 is 0.889 bits per heavy atom. The number of anilines is 2. The Hall–Kier alpha value is -3.73. The van der Waals surface area contributed by atoms with Crippen LogP contribution in [-0.4, -0.2) is 17.8 Å². The number of hydrogen-bond donors (Lipinski definition) is 2. The molecule has 1 aliphatic heterocycles. The summed E-state index contributed by atoms with van der Waals surface area (Å²) in [5.41, 5.74) is 6.79. The molecule has 0 radical (unpaired) electrons. The Kier molecular flexibility index (Phi) is 4.74. The lowest BCUT2D eigenvalue weighted by Gasteiger charge is -2.12. The van der Waals surface area contributed by atoms with E-state index in [9.17, 15) is 4.79 Å². The lowest BCUT2D eigenvalue weighted by atomic mass is 9.97. The summed E-state index contributed by atoms with van der Waals surface area (Å²) in [4.78, 5) is 17.7. The van der Waals surface area contributed by atoms with Crippen molar-refractivity contribution < 1.29 is 4.79 Å². The van der Waals surface area contributed by atoms with Gasteiger partial charge in [-0.15, -0.1) is 0 Å². The van der Waals surface area contributed by atoms with Crippen molar-refractivity contribution >= 4 is 34.9 Å². The maximum absolute atomic E-state index is 12.9. The summed E-state index contributed by atoms with van der Waals surface area (Å²) in [6.45, 7) is 0. The van der Waals surface area contributed by atoms with Crippen molar-refractivity contribution in [3.05, 3.63) is 90.5 Å². The summed E-state index contributed by atoms with van der Waals surface area (Å²) in [5.74, 6) is -0.780. The molecule has 0 aliphatic carbocycles. The molecule has 0 spiro atoms. The van der Waals surface area contributed by atoms with Gasteiger partial charge in [0.2, 0.25) is 5.91 Å². The highest BCUT2D eigenvalue weighted by molar-refractivity contribution is 6.26. The average molecular weight is 354 g/mol. The van der Waals surface area contributed by atoms with E-state index in [2.05, 4.69) is 15.8 Å². The number of hydrogen-bond acceptors (Lipinski definition) is 4. The number of aliphatic imine (C=N–C) groups is 1. The summed E-state index contributed by atoms with van der Waals surface area (Å²) < 4.78 is 0.